The third-order valence-electron chi connectivity index (χ3n) is 2.07. The fourth-order valence-electron chi connectivity index (χ4n) is 1.17. The predicted molar refractivity (Wildman–Crippen MR) is 63.9 cm³/mol. The Morgan fingerprint density at radius 3 is 2.44 bits per heavy atom. The van der Waals surface area contributed by atoms with E-state index in [1.807, 2.05) is 0 Å². The van der Waals surface area contributed by atoms with Crippen molar-refractivity contribution in [3.63, 3.8) is 0 Å². The van der Waals surface area contributed by atoms with Crippen LogP contribution in [0.2, 0.25) is 0 Å². The molecule has 1 atom stereocenters. The first-order chi connectivity index (χ1) is 8.36. The van der Waals surface area contributed by atoms with Crippen molar-refractivity contribution >= 4 is 34.6 Å². The molecule has 0 heterocycles. The minimum Gasteiger partial charge on any atom is -0.468 e. The van der Waals surface area contributed by atoms with E-state index < -0.39 is 33.7 Å². The van der Waals surface area contributed by atoms with Crippen LogP contribution >= 0.6 is 23.4 Å². The zero-order chi connectivity index (χ0) is 13.9. The van der Waals surface area contributed by atoms with E-state index in [-0.39, 0.29) is 4.90 Å². The number of methoxy groups -OCH3 is 1. The second-order valence-corrected chi connectivity index (χ2v) is 5.05. The Labute approximate surface area is 111 Å². The number of thioether (sulfide) groups is 1. The van der Waals surface area contributed by atoms with Gasteiger partial charge >= 0.3 is 5.97 Å². The van der Waals surface area contributed by atoms with E-state index in [9.17, 15) is 18.4 Å². The molecule has 18 heavy (non-hydrogen) atoms. The minimum atomic E-state index is -1.04. The van der Waals surface area contributed by atoms with Crippen molar-refractivity contribution in [2.45, 2.75) is 17.1 Å². The zero-order valence-corrected chi connectivity index (χ0v) is 11.1. The van der Waals surface area contributed by atoms with Gasteiger partial charge in [0.25, 0.3) is 5.24 Å². The van der Waals surface area contributed by atoms with Gasteiger partial charge in [0.2, 0.25) is 0 Å². The fourth-order valence-corrected chi connectivity index (χ4v) is 2.25. The summed E-state index contributed by atoms with van der Waals surface area (Å²) in [7, 11) is 1.20. The third kappa shape index (κ3) is 3.43. The summed E-state index contributed by atoms with van der Waals surface area (Å²) in [4.78, 5) is 22.0. The Morgan fingerprint density at radius 2 is 1.94 bits per heavy atom. The van der Waals surface area contributed by atoms with E-state index in [0.717, 1.165) is 17.8 Å². The second kappa shape index (κ2) is 6.15. The van der Waals surface area contributed by atoms with Crippen molar-refractivity contribution in [3.05, 3.63) is 29.3 Å². The molecule has 0 aromatic heterocycles. The molecule has 98 valence electrons. The van der Waals surface area contributed by atoms with E-state index in [1.165, 1.54) is 14.0 Å². The van der Waals surface area contributed by atoms with Crippen molar-refractivity contribution in [1.29, 1.82) is 0 Å². The first kappa shape index (κ1) is 14.9. The molecular weight excluding hydrogens is 286 g/mol. The first-order valence-electron chi connectivity index (χ1n) is 4.80. The van der Waals surface area contributed by atoms with Gasteiger partial charge in [-0.25, -0.2) is 8.78 Å². The third-order valence-corrected chi connectivity index (χ3v) is 3.39. The van der Waals surface area contributed by atoms with Gasteiger partial charge in [0.05, 0.1) is 12.7 Å². The van der Waals surface area contributed by atoms with Crippen LogP contribution in [0, 0.1) is 11.6 Å². The van der Waals surface area contributed by atoms with Gasteiger partial charge in [-0.1, -0.05) is 0 Å². The quantitative estimate of drug-likeness (QED) is 0.486. The molecule has 1 unspecified atom stereocenters. The molecule has 1 aromatic carbocycles. The molecule has 1 rings (SSSR count). The van der Waals surface area contributed by atoms with Crippen LogP contribution < -0.4 is 0 Å². The number of benzene rings is 1. The topological polar surface area (TPSA) is 43.4 Å². The largest absolute Gasteiger partial charge is 0.468 e. The Hall–Kier alpha value is -1.14. The van der Waals surface area contributed by atoms with Crippen LogP contribution in [0.15, 0.2) is 17.0 Å². The minimum absolute atomic E-state index is 0.0432. The molecule has 0 saturated carbocycles. The van der Waals surface area contributed by atoms with E-state index in [2.05, 4.69) is 4.74 Å². The number of rotatable bonds is 4. The molecule has 0 aliphatic rings. The monoisotopic (exact) mass is 294 g/mol. The zero-order valence-electron chi connectivity index (χ0n) is 9.50. The summed E-state index contributed by atoms with van der Waals surface area (Å²) in [6.07, 6.45) is 0. The van der Waals surface area contributed by atoms with Crippen molar-refractivity contribution in [1.82, 2.24) is 0 Å². The highest BCUT2D eigenvalue weighted by Gasteiger charge is 2.20. The Balaban J connectivity index is 3.06. The van der Waals surface area contributed by atoms with Crippen LogP contribution in [-0.2, 0) is 9.53 Å². The van der Waals surface area contributed by atoms with Gasteiger partial charge < -0.3 is 4.74 Å². The number of carbonyl (C=O) groups excluding carboxylic acids is 2. The van der Waals surface area contributed by atoms with Crippen molar-refractivity contribution in [2.75, 3.05) is 7.11 Å². The molecule has 0 fully saturated rings. The van der Waals surface area contributed by atoms with Gasteiger partial charge in [0.1, 0.15) is 16.9 Å². The van der Waals surface area contributed by atoms with E-state index >= 15 is 0 Å². The molecular formula is C11H9ClF2O3S. The van der Waals surface area contributed by atoms with E-state index in [0.29, 0.717) is 6.07 Å². The molecule has 0 saturated heterocycles. The molecule has 0 aliphatic heterocycles. The van der Waals surface area contributed by atoms with Crippen LogP contribution in [0.25, 0.3) is 0 Å². The van der Waals surface area contributed by atoms with Gasteiger partial charge in [-0.3, -0.25) is 9.59 Å². The van der Waals surface area contributed by atoms with Crippen molar-refractivity contribution in [3.8, 4) is 0 Å². The molecule has 0 aliphatic carbocycles. The maximum absolute atomic E-state index is 13.5. The average Bonchev–Trinajstić information content (AvgIpc) is 2.30. The highest BCUT2D eigenvalue weighted by atomic mass is 35.5. The maximum Gasteiger partial charge on any atom is 0.318 e. The number of ether oxygens (including phenoxy) is 1. The molecule has 0 N–H and O–H groups in total. The molecule has 1 aromatic rings. The summed E-state index contributed by atoms with van der Waals surface area (Å²) in [6.45, 7) is 1.50. The smallest absolute Gasteiger partial charge is 0.318 e. The lowest BCUT2D eigenvalue weighted by molar-refractivity contribution is -0.139. The van der Waals surface area contributed by atoms with Crippen LogP contribution in [-0.4, -0.2) is 23.6 Å². The number of carbonyl (C=O) groups is 2. The lowest BCUT2D eigenvalue weighted by Crippen LogP contribution is -2.15. The highest BCUT2D eigenvalue weighted by molar-refractivity contribution is 8.00. The summed E-state index contributed by atoms with van der Waals surface area (Å²) in [5.41, 5.74) is -0.433. The van der Waals surface area contributed by atoms with Gasteiger partial charge in [0.15, 0.2) is 0 Å². The van der Waals surface area contributed by atoms with Crippen LogP contribution in [0.1, 0.15) is 17.3 Å². The first-order valence-corrected chi connectivity index (χ1v) is 6.06. The fraction of sp³-hybridized carbons (Fsp3) is 0.273. The summed E-state index contributed by atoms with van der Waals surface area (Å²) >= 11 is 5.97. The van der Waals surface area contributed by atoms with Crippen molar-refractivity contribution in [2.24, 2.45) is 0 Å². The molecule has 3 nitrogen and oxygen atoms in total. The lowest BCUT2D eigenvalue weighted by Gasteiger charge is -2.10. The highest BCUT2D eigenvalue weighted by Crippen LogP contribution is 2.29. The number of halogens is 3. The maximum atomic E-state index is 13.5. The Kier molecular flexibility index (Phi) is 5.10. The molecule has 0 amide bonds. The molecule has 0 bridgehead atoms. The Morgan fingerprint density at radius 1 is 1.33 bits per heavy atom. The van der Waals surface area contributed by atoms with Gasteiger partial charge in [0, 0.05) is 11.0 Å². The molecule has 7 heteroatoms. The molecule has 0 radical (unpaired) electrons. The van der Waals surface area contributed by atoms with Gasteiger partial charge in [-0.05, 0) is 24.6 Å². The summed E-state index contributed by atoms with van der Waals surface area (Å²) in [6, 6.07) is 1.53. The van der Waals surface area contributed by atoms with E-state index in [4.69, 9.17) is 11.6 Å². The molecule has 0 spiro atoms. The SMILES string of the molecule is COC(=O)C(C)Sc1cc(C(=O)Cl)c(F)cc1F. The van der Waals surface area contributed by atoms with E-state index in [1.54, 1.807) is 0 Å². The van der Waals surface area contributed by atoms with Gasteiger partial charge in [-0.2, -0.15) is 0 Å². The summed E-state index contributed by atoms with van der Waals surface area (Å²) < 4.78 is 31.1. The van der Waals surface area contributed by atoms with Crippen molar-refractivity contribution < 1.29 is 23.1 Å². The predicted octanol–water partition coefficient (Wildman–Crippen LogP) is 3.00. The normalized spacial score (nSPS) is 12.1. The number of hydrogen-bond acceptors (Lipinski definition) is 4. The number of hydrogen-bond donors (Lipinski definition) is 0. The van der Waals surface area contributed by atoms with Crippen LogP contribution in [0.3, 0.4) is 0 Å². The number of esters is 1. The Bertz CT molecular complexity index is 493. The van der Waals surface area contributed by atoms with Gasteiger partial charge in [-0.15, -0.1) is 11.8 Å². The standard InChI is InChI=1S/C11H9ClF2O3S/c1-5(11(16)17-2)18-9-3-6(10(12)15)7(13)4-8(9)14/h3-5H,1-2H3. The lowest BCUT2D eigenvalue weighted by atomic mass is 10.2. The average molecular weight is 295 g/mol. The van der Waals surface area contributed by atoms with Crippen LogP contribution in [0.4, 0.5) is 8.78 Å². The second-order valence-electron chi connectivity index (χ2n) is 3.32. The summed E-state index contributed by atoms with van der Waals surface area (Å²) in [5, 5.41) is -1.71. The van der Waals surface area contributed by atoms with Crippen LogP contribution in [0.5, 0.6) is 0 Å². The summed E-state index contributed by atoms with van der Waals surface area (Å²) in [5.74, 6) is -2.46.